The molecule has 2 aromatic heterocycles. The Morgan fingerprint density at radius 3 is 2.75 bits per heavy atom. The van der Waals surface area contributed by atoms with E-state index >= 15 is 0 Å². The fourth-order valence-corrected chi connectivity index (χ4v) is 4.30. The van der Waals surface area contributed by atoms with Crippen molar-refractivity contribution >= 4 is 40.4 Å². The molecular formula is C23H20N4O4S. The van der Waals surface area contributed by atoms with Gasteiger partial charge in [0, 0.05) is 24.4 Å². The Labute approximate surface area is 188 Å². The van der Waals surface area contributed by atoms with Crippen LogP contribution in [-0.2, 0) is 4.79 Å². The van der Waals surface area contributed by atoms with Gasteiger partial charge in [-0.2, -0.15) is 0 Å². The Balaban J connectivity index is 1.65. The van der Waals surface area contributed by atoms with Crippen LogP contribution in [0.25, 0.3) is 17.4 Å². The molecule has 9 heteroatoms. The van der Waals surface area contributed by atoms with E-state index in [0.29, 0.717) is 39.5 Å². The van der Waals surface area contributed by atoms with Gasteiger partial charge in [-0.05, 0) is 68.4 Å². The maximum atomic E-state index is 12.9. The van der Waals surface area contributed by atoms with Crippen LogP contribution in [0.5, 0.6) is 0 Å². The fourth-order valence-electron chi connectivity index (χ4n) is 3.26. The average Bonchev–Trinajstić information content (AvgIpc) is 3.32. The molecule has 0 unspecified atom stereocenters. The number of nitro groups is 1. The molecule has 8 nitrogen and oxygen atoms in total. The lowest BCUT2D eigenvalue weighted by Gasteiger charge is -2.11. The van der Waals surface area contributed by atoms with Crippen LogP contribution in [0, 0.1) is 24.0 Å². The minimum Gasteiger partial charge on any atom is -0.456 e. The summed E-state index contributed by atoms with van der Waals surface area (Å²) in [5, 5.41) is 12.0. The third-order valence-electron chi connectivity index (χ3n) is 4.80. The number of aromatic nitrogens is 1. The van der Waals surface area contributed by atoms with Gasteiger partial charge in [0.25, 0.3) is 11.6 Å². The Bertz CT molecular complexity index is 1280. The zero-order valence-corrected chi connectivity index (χ0v) is 18.5. The Hall–Kier alpha value is -3.72. The highest BCUT2D eigenvalue weighted by Crippen LogP contribution is 2.36. The summed E-state index contributed by atoms with van der Waals surface area (Å²) in [5.41, 5.74) is 1.99. The third-order valence-corrected chi connectivity index (χ3v) is 5.81. The fraction of sp³-hybridized carbons (Fsp3) is 0.174. The van der Waals surface area contributed by atoms with Gasteiger partial charge >= 0.3 is 0 Å². The number of pyridine rings is 1. The first-order chi connectivity index (χ1) is 15.4. The lowest BCUT2D eigenvalue weighted by atomic mass is 10.1. The molecule has 162 valence electrons. The van der Waals surface area contributed by atoms with E-state index in [4.69, 9.17) is 4.42 Å². The molecule has 0 N–H and O–H groups in total. The number of carbonyl (C=O) groups is 1. The third kappa shape index (κ3) is 4.33. The first-order valence-electron chi connectivity index (χ1n) is 9.94. The molecule has 0 aliphatic carbocycles. The summed E-state index contributed by atoms with van der Waals surface area (Å²) in [7, 11) is 0. The molecule has 0 radical (unpaired) electrons. The van der Waals surface area contributed by atoms with Crippen molar-refractivity contribution in [2.24, 2.45) is 4.99 Å². The molecule has 0 spiro atoms. The molecule has 1 aliphatic rings. The lowest BCUT2D eigenvalue weighted by molar-refractivity contribution is -0.384. The summed E-state index contributed by atoms with van der Waals surface area (Å²) in [6, 6.07) is 13.8. The average molecular weight is 449 g/mol. The molecule has 1 saturated heterocycles. The number of benzene rings is 1. The van der Waals surface area contributed by atoms with Crippen LogP contribution in [0.4, 0.5) is 11.5 Å². The van der Waals surface area contributed by atoms with E-state index < -0.39 is 4.92 Å². The minimum atomic E-state index is -0.430. The van der Waals surface area contributed by atoms with Gasteiger partial charge in [-0.3, -0.25) is 19.8 Å². The molecule has 3 aromatic rings. The number of hydrogen-bond acceptors (Lipinski definition) is 7. The Morgan fingerprint density at radius 1 is 1.22 bits per heavy atom. The van der Waals surface area contributed by atoms with Crippen molar-refractivity contribution in [3.8, 4) is 11.3 Å². The number of likely N-dealkylation sites (N-methyl/N-ethyl adjacent to an activating group) is 1. The maximum Gasteiger partial charge on any atom is 0.280 e. The van der Waals surface area contributed by atoms with Gasteiger partial charge in [-0.1, -0.05) is 12.1 Å². The second kappa shape index (κ2) is 8.80. The lowest BCUT2D eigenvalue weighted by Crippen LogP contribution is -2.28. The van der Waals surface area contributed by atoms with Gasteiger partial charge in [0.05, 0.1) is 15.4 Å². The SMILES string of the molecule is CCN1C(=O)/C(=C\c2ccc(-c3ccc(C)cc3[N+](=O)[O-])o2)S/C1=N/c1cccc(C)n1. The topological polar surface area (TPSA) is 102 Å². The summed E-state index contributed by atoms with van der Waals surface area (Å²) < 4.78 is 5.83. The summed E-state index contributed by atoms with van der Waals surface area (Å²) in [6.07, 6.45) is 1.63. The smallest absolute Gasteiger partial charge is 0.280 e. The quantitative estimate of drug-likeness (QED) is 0.290. The summed E-state index contributed by atoms with van der Waals surface area (Å²) in [6.45, 7) is 6.02. The number of nitrogens with zero attached hydrogens (tertiary/aromatic N) is 4. The van der Waals surface area contributed by atoms with Gasteiger partial charge in [0.15, 0.2) is 11.0 Å². The van der Waals surface area contributed by atoms with Crippen molar-refractivity contribution < 1.29 is 14.1 Å². The number of amides is 1. The molecule has 0 saturated carbocycles. The van der Waals surface area contributed by atoms with Crippen LogP contribution in [0.3, 0.4) is 0 Å². The van der Waals surface area contributed by atoms with Crippen molar-refractivity contribution in [2.75, 3.05) is 6.54 Å². The predicted octanol–water partition coefficient (Wildman–Crippen LogP) is 5.49. The number of amidine groups is 1. The molecule has 1 fully saturated rings. The highest BCUT2D eigenvalue weighted by Gasteiger charge is 2.32. The van der Waals surface area contributed by atoms with E-state index in [-0.39, 0.29) is 11.6 Å². The largest absolute Gasteiger partial charge is 0.456 e. The Kier molecular flexibility index (Phi) is 5.91. The van der Waals surface area contributed by atoms with E-state index in [1.807, 2.05) is 26.0 Å². The van der Waals surface area contributed by atoms with Crippen molar-refractivity contribution in [3.05, 3.63) is 80.6 Å². The van der Waals surface area contributed by atoms with E-state index in [2.05, 4.69) is 9.98 Å². The van der Waals surface area contributed by atoms with Crippen LogP contribution in [-0.4, -0.2) is 32.4 Å². The summed E-state index contributed by atoms with van der Waals surface area (Å²) in [4.78, 5) is 34.8. The molecule has 1 aliphatic heterocycles. The first-order valence-corrected chi connectivity index (χ1v) is 10.8. The zero-order valence-electron chi connectivity index (χ0n) is 17.7. The number of hydrogen-bond donors (Lipinski definition) is 0. The Morgan fingerprint density at radius 2 is 2.03 bits per heavy atom. The number of carbonyl (C=O) groups excluding carboxylic acids is 1. The van der Waals surface area contributed by atoms with Crippen LogP contribution in [0.15, 0.2) is 62.8 Å². The van der Waals surface area contributed by atoms with Gasteiger partial charge in [-0.25, -0.2) is 9.98 Å². The minimum absolute atomic E-state index is 0.0258. The van der Waals surface area contributed by atoms with E-state index in [9.17, 15) is 14.9 Å². The number of aliphatic imine (C=N–C) groups is 1. The number of nitro benzene ring substituents is 1. The summed E-state index contributed by atoms with van der Waals surface area (Å²) in [5.74, 6) is 1.15. The molecular weight excluding hydrogens is 428 g/mol. The normalized spacial score (nSPS) is 16.3. The van der Waals surface area contributed by atoms with E-state index in [1.54, 1.807) is 48.2 Å². The summed E-state index contributed by atoms with van der Waals surface area (Å²) >= 11 is 1.24. The van der Waals surface area contributed by atoms with Crippen LogP contribution >= 0.6 is 11.8 Å². The van der Waals surface area contributed by atoms with Gasteiger partial charge in [0.1, 0.15) is 11.5 Å². The molecule has 3 heterocycles. The molecule has 0 atom stereocenters. The highest BCUT2D eigenvalue weighted by molar-refractivity contribution is 8.18. The van der Waals surface area contributed by atoms with Gasteiger partial charge < -0.3 is 4.42 Å². The van der Waals surface area contributed by atoms with Gasteiger partial charge in [-0.15, -0.1) is 0 Å². The van der Waals surface area contributed by atoms with Gasteiger partial charge in [0.2, 0.25) is 0 Å². The second-order valence-electron chi connectivity index (χ2n) is 7.17. The van der Waals surface area contributed by atoms with Crippen molar-refractivity contribution in [3.63, 3.8) is 0 Å². The first kappa shape index (κ1) is 21.5. The highest BCUT2D eigenvalue weighted by atomic mass is 32.2. The number of rotatable bonds is 5. The molecule has 4 rings (SSSR count). The number of aryl methyl sites for hydroxylation is 2. The maximum absolute atomic E-state index is 12.9. The van der Waals surface area contributed by atoms with Crippen molar-refractivity contribution in [2.45, 2.75) is 20.8 Å². The second-order valence-corrected chi connectivity index (χ2v) is 8.18. The zero-order chi connectivity index (χ0) is 22.8. The van der Waals surface area contributed by atoms with Crippen LogP contribution in [0.1, 0.15) is 23.9 Å². The number of thioether (sulfide) groups is 1. The van der Waals surface area contributed by atoms with Crippen molar-refractivity contribution in [1.29, 1.82) is 0 Å². The molecule has 1 aromatic carbocycles. The van der Waals surface area contributed by atoms with E-state index in [0.717, 1.165) is 11.3 Å². The van der Waals surface area contributed by atoms with Crippen LogP contribution in [0.2, 0.25) is 0 Å². The standard InChI is InChI=1S/C23H20N4O4S/c1-4-26-22(28)20(32-23(26)25-21-7-5-6-15(3)24-21)13-16-9-11-19(31-16)17-10-8-14(2)12-18(17)27(29)30/h5-13H,4H2,1-3H3/b20-13+,25-23+. The monoisotopic (exact) mass is 448 g/mol. The molecule has 32 heavy (non-hydrogen) atoms. The molecule has 0 bridgehead atoms. The number of furan rings is 1. The van der Waals surface area contributed by atoms with Crippen LogP contribution < -0.4 is 0 Å². The van der Waals surface area contributed by atoms with Crippen molar-refractivity contribution in [1.82, 2.24) is 9.88 Å². The predicted molar refractivity (Wildman–Crippen MR) is 125 cm³/mol. The molecule has 1 amide bonds. The van der Waals surface area contributed by atoms with E-state index in [1.165, 1.54) is 17.8 Å².